The Labute approximate surface area is 196 Å². The van der Waals surface area contributed by atoms with E-state index in [0.29, 0.717) is 28.6 Å². The monoisotopic (exact) mass is 458 g/mol. The Morgan fingerprint density at radius 2 is 1.58 bits per heavy atom. The van der Waals surface area contributed by atoms with Gasteiger partial charge in [-0.05, 0) is 60.2 Å². The summed E-state index contributed by atoms with van der Waals surface area (Å²) in [6, 6.07) is 28.4. The molecule has 0 fully saturated rings. The third kappa shape index (κ3) is 4.28. The van der Waals surface area contributed by atoms with Crippen LogP contribution < -0.4 is 15.0 Å². The lowest BCUT2D eigenvalue weighted by Gasteiger charge is -2.38. The zero-order valence-electron chi connectivity index (χ0n) is 17.5. The summed E-state index contributed by atoms with van der Waals surface area (Å²) in [5.41, 5.74) is 3.70. The number of nitrogens with zero attached hydrogens (tertiary/aromatic N) is 1. The number of amides is 1. The molecule has 6 heteroatoms. The van der Waals surface area contributed by atoms with Crippen molar-refractivity contribution < 1.29 is 13.9 Å². The Morgan fingerprint density at radius 3 is 2.33 bits per heavy atom. The fraction of sp³-hybridized carbons (Fsp3) is 0.0741. The molecule has 1 atom stereocenters. The highest BCUT2D eigenvalue weighted by Gasteiger charge is 2.34. The molecule has 0 saturated carbocycles. The minimum atomic E-state index is -0.463. The zero-order chi connectivity index (χ0) is 22.8. The van der Waals surface area contributed by atoms with Gasteiger partial charge in [0.1, 0.15) is 24.3 Å². The SMILES string of the molecule is O=C1c2ccccc2N[C@@H](c2ccc(OCc3ccccc3Cl)cc2)N1c1ccc(F)cc1. The van der Waals surface area contributed by atoms with Crippen molar-refractivity contribution in [3.8, 4) is 5.75 Å². The lowest BCUT2D eigenvalue weighted by atomic mass is 10.0. The first-order valence-electron chi connectivity index (χ1n) is 10.5. The number of halogens is 2. The van der Waals surface area contributed by atoms with Crippen molar-refractivity contribution in [1.29, 1.82) is 0 Å². The van der Waals surface area contributed by atoms with E-state index in [0.717, 1.165) is 16.8 Å². The Balaban J connectivity index is 1.43. The Hall–Kier alpha value is -3.83. The van der Waals surface area contributed by atoms with E-state index in [1.165, 1.54) is 12.1 Å². The van der Waals surface area contributed by atoms with E-state index in [4.69, 9.17) is 16.3 Å². The zero-order valence-corrected chi connectivity index (χ0v) is 18.3. The fourth-order valence-corrected chi connectivity index (χ4v) is 4.07. The molecule has 0 aromatic heterocycles. The maximum Gasteiger partial charge on any atom is 0.262 e. The number of carbonyl (C=O) groups excluding carboxylic acids is 1. The summed E-state index contributed by atoms with van der Waals surface area (Å²) in [7, 11) is 0. The van der Waals surface area contributed by atoms with Crippen LogP contribution in [0.1, 0.15) is 27.7 Å². The summed E-state index contributed by atoms with van der Waals surface area (Å²) in [6.07, 6.45) is -0.463. The molecule has 0 unspecified atom stereocenters. The second-order valence-corrected chi connectivity index (χ2v) is 8.10. The molecule has 0 bridgehead atoms. The number of fused-ring (bicyclic) bond motifs is 1. The molecule has 1 N–H and O–H groups in total. The van der Waals surface area contributed by atoms with Crippen molar-refractivity contribution in [3.63, 3.8) is 0 Å². The summed E-state index contributed by atoms with van der Waals surface area (Å²) in [4.78, 5) is 15.0. The highest BCUT2D eigenvalue weighted by atomic mass is 35.5. The number of carbonyl (C=O) groups is 1. The van der Waals surface area contributed by atoms with E-state index in [9.17, 15) is 9.18 Å². The highest BCUT2D eigenvalue weighted by Crippen LogP contribution is 2.37. The molecule has 4 nitrogen and oxygen atoms in total. The van der Waals surface area contributed by atoms with Crippen LogP contribution in [0.25, 0.3) is 0 Å². The maximum absolute atomic E-state index is 13.5. The summed E-state index contributed by atoms with van der Waals surface area (Å²) in [5, 5.41) is 4.10. The molecule has 5 rings (SSSR count). The van der Waals surface area contributed by atoms with E-state index in [-0.39, 0.29) is 11.7 Å². The number of anilines is 2. The molecule has 1 aliphatic heterocycles. The van der Waals surface area contributed by atoms with Crippen molar-refractivity contribution in [2.24, 2.45) is 0 Å². The van der Waals surface area contributed by atoms with Crippen LogP contribution in [0.2, 0.25) is 5.02 Å². The molecule has 33 heavy (non-hydrogen) atoms. The van der Waals surface area contributed by atoms with Crippen molar-refractivity contribution in [1.82, 2.24) is 0 Å². The molecular weight excluding hydrogens is 439 g/mol. The van der Waals surface area contributed by atoms with Crippen LogP contribution in [0, 0.1) is 5.82 Å². The summed E-state index contributed by atoms with van der Waals surface area (Å²) in [6.45, 7) is 0.355. The quantitative estimate of drug-likeness (QED) is 0.356. The van der Waals surface area contributed by atoms with Crippen molar-refractivity contribution >= 4 is 28.9 Å². The molecule has 4 aromatic carbocycles. The molecule has 1 heterocycles. The Bertz CT molecular complexity index is 1290. The van der Waals surface area contributed by atoms with Gasteiger partial charge >= 0.3 is 0 Å². The van der Waals surface area contributed by atoms with Gasteiger partial charge in [0.05, 0.1) is 5.56 Å². The predicted molar refractivity (Wildman–Crippen MR) is 128 cm³/mol. The molecule has 164 valence electrons. The van der Waals surface area contributed by atoms with E-state index >= 15 is 0 Å². The molecule has 1 aliphatic rings. The predicted octanol–water partition coefficient (Wildman–Crippen LogP) is 6.83. The topological polar surface area (TPSA) is 41.6 Å². The third-order valence-corrected chi connectivity index (χ3v) is 5.95. The van der Waals surface area contributed by atoms with Crippen LogP contribution in [-0.4, -0.2) is 5.91 Å². The summed E-state index contributed by atoms with van der Waals surface area (Å²) < 4.78 is 19.4. The van der Waals surface area contributed by atoms with Gasteiger partial charge in [0.2, 0.25) is 0 Å². The molecule has 0 saturated heterocycles. The van der Waals surface area contributed by atoms with Crippen molar-refractivity contribution in [3.05, 3.63) is 125 Å². The highest BCUT2D eigenvalue weighted by molar-refractivity contribution is 6.31. The molecule has 4 aromatic rings. The van der Waals surface area contributed by atoms with E-state index in [1.807, 2.05) is 66.7 Å². The van der Waals surface area contributed by atoms with Crippen LogP contribution in [0.5, 0.6) is 5.75 Å². The Morgan fingerprint density at radius 1 is 0.879 bits per heavy atom. The second-order valence-electron chi connectivity index (χ2n) is 7.69. The third-order valence-electron chi connectivity index (χ3n) is 5.58. The van der Waals surface area contributed by atoms with Crippen LogP contribution >= 0.6 is 11.6 Å². The average Bonchev–Trinajstić information content (AvgIpc) is 2.85. The summed E-state index contributed by atoms with van der Waals surface area (Å²) >= 11 is 6.21. The lowest BCUT2D eigenvalue weighted by molar-refractivity contribution is 0.0975. The van der Waals surface area contributed by atoms with Gasteiger partial charge in [-0.25, -0.2) is 4.39 Å². The number of para-hydroxylation sites is 1. The number of ether oxygens (including phenoxy) is 1. The van der Waals surface area contributed by atoms with Gasteiger partial charge in [-0.1, -0.05) is 54.1 Å². The first kappa shape index (κ1) is 21.0. The number of rotatable bonds is 5. The first-order valence-corrected chi connectivity index (χ1v) is 10.9. The van der Waals surface area contributed by atoms with Gasteiger partial charge in [0, 0.05) is 22.0 Å². The number of hydrogen-bond donors (Lipinski definition) is 1. The normalized spacial score (nSPS) is 15.0. The number of nitrogens with one attached hydrogen (secondary N) is 1. The second kappa shape index (κ2) is 8.96. The standard InChI is InChI=1S/C27H20ClFN2O2/c28-24-7-3-1-5-19(24)17-33-22-15-9-18(10-16-22)26-30-25-8-4-2-6-23(25)27(32)31(26)21-13-11-20(29)12-14-21/h1-16,26,30H,17H2/t26-/m1/s1. The van der Waals surface area contributed by atoms with Gasteiger partial charge < -0.3 is 10.1 Å². The molecule has 0 aliphatic carbocycles. The van der Waals surface area contributed by atoms with Crippen molar-refractivity contribution in [2.45, 2.75) is 12.8 Å². The fourth-order valence-electron chi connectivity index (χ4n) is 3.88. The lowest BCUT2D eigenvalue weighted by Crippen LogP contribution is -2.43. The molecule has 0 radical (unpaired) electrons. The van der Waals surface area contributed by atoms with Crippen LogP contribution in [-0.2, 0) is 6.61 Å². The number of benzene rings is 4. The maximum atomic E-state index is 13.5. The number of hydrogen-bond acceptors (Lipinski definition) is 3. The van der Waals surface area contributed by atoms with Crippen LogP contribution in [0.15, 0.2) is 97.1 Å². The van der Waals surface area contributed by atoms with Gasteiger partial charge in [-0.2, -0.15) is 0 Å². The first-order chi connectivity index (χ1) is 16.1. The van der Waals surface area contributed by atoms with Gasteiger partial charge in [-0.3, -0.25) is 9.69 Å². The van der Waals surface area contributed by atoms with Gasteiger partial charge in [0.15, 0.2) is 0 Å². The van der Waals surface area contributed by atoms with E-state index in [1.54, 1.807) is 23.1 Å². The van der Waals surface area contributed by atoms with E-state index < -0.39 is 6.17 Å². The smallest absolute Gasteiger partial charge is 0.262 e. The molecule has 0 spiro atoms. The van der Waals surface area contributed by atoms with Crippen molar-refractivity contribution in [2.75, 3.05) is 10.2 Å². The van der Waals surface area contributed by atoms with Crippen LogP contribution in [0.4, 0.5) is 15.8 Å². The Kier molecular flexibility index (Phi) is 5.71. The summed E-state index contributed by atoms with van der Waals surface area (Å²) in [5.74, 6) is 0.183. The van der Waals surface area contributed by atoms with Gasteiger partial charge in [0.25, 0.3) is 5.91 Å². The largest absolute Gasteiger partial charge is 0.489 e. The van der Waals surface area contributed by atoms with Gasteiger partial charge in [-0.15, -0.1) is 0 Å². The minimum Gasteiger partial charge on any atom is -0.489 e. The minimum absolute atomic E-state index is 0.153. The van der Waals surface area contributed by atoms with E-state index in [2.05, 4.69) is 5.32 Å². The molecule has 1 amide bonds. The average molecular weight is 459 g/mol. The molecular formula is C27H20ClFN2O2. The van der Waals surface area contributed by atoms with Crippen LogP contribution in [0.3, 0.4) is 0 Å².